The molecule has 8 heteroatoms. The van der Waals surface area contributed by atoms with Crippen LogP contribution in [0.2, 0.25) is 0 Å². The van der Waals surface area contributed by atoms with E-state index in [1.807, 2.05) is 0 Å². The number of carbonyl (C=O) groups excluding carboxylic acids is 3. The van der Waals surface area contributed by atoms with Crippen LogP contribution in [0.15, 0.2) is 42.5 Å². The number of anilines is 1. The number of methoxy groups -OCH3 is 2. The van der Waals surface area contributed by atoms with Gasteiger partial charge in [0, 0.05) is 11.3 Å². The zero-order valence-corrected chi connectivity index (χ0v) is 15.9. The number of carbonyl (C=O) groups is 3. The molecule has 0 spiro atoms. The highest BCUT2D eigenvalue weighted by atomic mass is 16.5. The maximum Gasteiger partial charge on any atom is 0.311 e. The van der Waals surface area contributed by atoms with Crippen LogP contribution in [0, 0.1) is 0 Å². The number of esters is 1. The van der Waals surface area contributed by atoms with Crippen molar-refractivity contribution in [2.24, 2.45) is 5.73 Å². The van der Waals surface area contributed by atoms with Crippen molar-refractivity contribution in [2.45, 2.75) is 19.4 Å². The minimum atomic E-state index is -0.997. The molecule has 2 amide bonds. The molecule has 0 aromatic heterocycles. The summed E-state index contributed by atoms with van der Waals surface area (Å²) in [5.41, 5.74) is 6.61. The molecule has 0 saturated heterocycles. The monoisotopic (exact) mass is 386 g/mol. The molecule has 2 aromatic carbocycles. The van der Waals surface area contributed by atoms with E-state index >= 15 is 0 Å². The molecule has 0 heterocycles. The highest BCUT2D eigenvalue weighted by Gasteiger charge is 2.19. The molecule has 0 radical (unpaired) electrons. The third-order valence-electron chi connectivity index (χ3n) is 3.91. The Morgan fingerprint density at radius 3 is 2.21 bits per heavy atom. The first-order valence-electron chi connectivity index (χ1n) is 8.45. The molecule has 2 aromatic rings. The molecule has 0 aliphatic heterocycles. The topological polar surface area (TPSA) is 117 Å². The van der Waals surface area contributed by atoms with E-state index in [0.29, 0.717) is 28.3 Å². The number of hydrogen-bond donors (Lipinski definition) is 2. The van der Waals surface area contributed by atoms with Gasteiger partial charge in [-0.15, -0.1) is 0 Å². The van der Waals surface area contributed by atoms with Gasteiger partial charge in [-0.3, -0.25) is 14.4 Å². The second-order valence-electron chi connectivity index (χ2n) is 5.93. The molecule has 0 fully saturated rings. The minimum absolute atomic E-state index is 0.0225. The molecule has 8 nitrogen and oxygen atoms in total. The fourth-order valence-electron chi connectivity index (χ4n) is 2.41. The lowest BCUT2D eigenvalue weighted by Gasteiger charge is -2.14. The maximum absolute atomic E-state index is 12.2. The molecule has 3 N–H and O–H groups in total. The molecular weight excluding hydrogens is 364 g/mol. The van der Waals surface area contributed by atoms with E-state index in [1.54, 1.807) is 18.2 Å². The van der Waals surface area contributed by atoms with Gasteiger partial charge in [-0.2, -0.15) is 0 Å². The zero-order chi connectivity index (χ0) is 20.7. The summed E-state index contributed by atoms with van der Waals surface area (Å²) in [5.74, 6) is -0.561. The summed E-state index contributed by atoms with van der Waals surface area (Å²) >= 11 is 0. The van der Waals surface area contributed by atoms with E-state index in [2.05, 4.69) is 5.32 Å². The van der Waals surface area contributed by atoms with Gasteiger partial charge in [0.05, 0.1) is 20.6 Å². The highest BCUT2D eigenvalue weighted by Crippen LogP contribution is 2.27. The average molecular weight is 386 g/mol. The van der Waals surface area contributed by atoms with Gasteiger partial charge in [-0.25, -0.2) is 0 Å². The van der Waals surface area contributed by atoms with Crippen molar-refractivity contribution in [3.63, 3.8) is 0 Å². The Kier molecular flexibility index (Phi) is 6.97. The summed E-state index contributed by atoms with van der Waals surface area (Å²) in [7, 11) is 3.02. The lowest BCUT2D eigenvalue weighted by Crippen LogP contribution is -2.30. The first-order valence-corrected chi connectivity index (χ1v) is 8.45. The van der Waals surface area contributed by atoms with Crippen LogP contribution in [-0.2, 0) is 20.7 Å². The largest absolute Gasteiger partial charge is 0.493 e. The number of rotatable bonds is 8. The standard InChI is InChI=1S/C20H22N2O6/c1-12(20(25)22-15-7-5-14(6-8-15)19(21)24)28-18(23)11-13-4-9-16(26-2)17(10-13)27-3/h4-10,12H,11H2,1-3H3,(H2,21,24)(H,22,25)/t12-/m0/s1. The zero-order valence-electron chi connectivity index (χ0n) is 15.9. The van der Waals surface area contributed by atoms with Crippen LogP contribution < -0.4 is 20.5 Å². The molecule has 0 aliphatic carbocycles. The van der Waals surface area contributed by atoms with Gasteiger partial charge in [0.2, 0.25) is 5.91 Å². The molecule has 148 valence electrons. The second-order valence-corrected chi connectivity index (χ2v) is 5.93. The molecule has 28 heavy (non-hydrogen) atoms. The fraction of sp³-hybridized carbons (Fsp3) is 0.250. The summed E-state index contributed by atoms with van der Waals surface area (Å²) in [4.78, 5) is 35.4. The van der Waals surface area contributed by atoms with Crippen molar-refractivity contribution in [3.05, 3.63) is 53.6 Å². The predicted octanol–water partition coefficient (Wildman–Crippen LogP) is 1.92. The fourth-order valence-corrected chi connectivity index (χ4v) is 2.41. The Morgan fingerprint density at radius 1 is 1.00 bits per heavy atom. The molecule has 1 atom stereocenters. The molecule has 0 bridgehead atoms. The summed E-state index contributed by atoms with van der Waals surface area (Å²) < 4.78 is 15.5. The van der Waals surface area contributed by atoms with E-state index in [1.165, 1.54) is 45.4 Å². The van der Waals surface area contributed by atoms with Crippen LogP contribution in [0.25, 0.3) is 0 Å². The quantitative estimate of drug-likeness (QED) is 0.670. The van der Waals surface area contributed by atoms with Gasteiger partial charge in [0.25, 0.3) is 5.91 Å². The smallest absolute Gasteiger partial charge is 0.311 e. The lowest BCUT2D eigenvalue weighted by molar-refractivity contribution is -0.152. The summed E-state index contributed by atoms with van der Waals surface area (Å²) in [6, 6.07) is 11.1. The second kappa shape index (κ2) is 9.40. The maximum atomic E-state index is 12.2. The number of nitrogens with two attached hydrogens (primary N) is 1. The highest BCUT2D eigenvalue weighted by molar-refractivity contribution is 5.96. The van der Waals surface area contributed by atoms with E-state index in [0.717, 1.165) is 0 Å². The third-order valence-corrected chi connectivity index (χ3v) is 3.91. The Hall–Kier alpha value is -3.55. The number of amides is 2. The molecule has 0 unspecified atom stereocenters. The minimum Gasteiger partial charge on any atom is -0.493 e. The number of primary amides is 1. The van der Waals surface area contributed by atoms with Gasteiger partial charge in [0.15, 0.2) is 17.6 Å². The third kappa shape index (κ3) is 5.47. The van der Waals surface area contributed by atoms with Gasteiger partial charge in [0.1, 0.15) is 0 Å². The van der Waals surface area contributed by atoms with Gasteiger partial charge < -0.3 is 25.3 Å². The van der Waals surface area contributed by atoms with Crippen LogP contribution in [0.5, 0.6) is 11.5 Å². The number of benzene rings is 2. The van der Waals surface area contributed by atoms with Crippen LogP contribution in [-0.4, -0.2) is 38.1 Å². The Balaban J connectivity index is 1.92. The number of ether oxygens (including phenoxy) is 3. The Labute approximate surface area is 162 Å². The van der Waals surface area contributed by atoms with Crippen LogP contribution in [0.3, 0.4) is 0 Å². The van der Waals surface area contributed by atoms with Gasteiger partial charge >= 0.3 is 5.97 Å². The average Bonchev–Trinajstić information content (AvgIpc) is 2.68. The van der Waals surface area contributed by atoms with E-state index in [4.69, 9.17) is 19.9 Å². The SMILES string of the molecule is COc1ccc(CC(=O)O[C@@H](C)C(=O)Nc2ccc(C(N)=O)cc2)cc1OC. The normalized spacial score (nSPS) is 11.2. The van der Waals surface area contributed by atoms with Crippen LogP contribution in [0.4, 0.5) is 5.69 Å². The van der Waals surface area contributed by atoms with Crippen molar-refractivity contribution in [1.29, 1.82) is 0 Å². The van der Waals surface area contributed by atoms with Crippen molar-refractivity contribution in [1.82, 2.24) is 0 Å². The Bertz CT molecular complexity index is 863. The number of hydrogen-bond acceptors (Lipinski definition) is 6. The van der Waals surface area contributed by atoms with Crippen molar-refractivity contribution in [3.8, 4) is 11.5 Å². The summed E-state index contributed by atoms with van der Waals surface area (Å²) in [6.45, 7) is 1.47. The van der Waals surface area contributed by atoms with E-state index in [-0.39, 0.29) is 6.42 Å². The summed E-state index contributed by atoms with van der Waals surface area (Å²) in [6.07, 6.45) is -1.02. The van der Waals surface area contributed by atoms with Gasteiger partial charge in [-0.1, -0.05) is 6.07 Å². The first kappa shape index (κ1) is 20.8. The van der Waals surface area contributed by atoms with Crippen molar-refractivity contribution in [2.75, 3.05) is 19.5 Å². The van der Waals surface area contributed by atoms with Crippen LogP contribution >= 0.6 is 0 Å². The van der Waals surface area contributed by atoms with Crippen molar-refractivity contribution >= 4 is 23.5 Å². The lowest BCUT2D eigenvalue weighted by atomic mass is 10.1. The van der Waals surface area contributed by atoms with Crippen LogP contribution in [0.1, 0.15) is 22.8 Å². The van der Waals surface area contributed by atoms with E-state index in [9.17, 15) is 14.4 Å². The van der Waals surface area contributed by atoms with E-state index < -0.39 is 23.9 Å². The molecular formula is C20H22N2O6. The molecule has 0 saturated carbocycles. The molecule has 2 rings (SSSR count). The molecule has 0 aliphatic rings. The number of nitrogens with one attached hydrogen (secondary N) is 1. The predicted molar refractivity (Wildman–Crippen MR) is 102 cm³/mol. The summed E-state index contributed by atoms with van der Waals surface area (Å²) in [5, 5.41) is 2.61. The Morgan fingerprint density at radius 2 is 1.64 bits per heavy atom. The first-order chi connectivity index (χ1) is 13.3. The van der Waals surface area contributed by atoms with Gasteiger partial charge in [-0.05, 0) is 48.9 Å². The van der Waals surface area contributed by atoms with Crippen molar-refractivity contribution < 1.29 is 28.6 Å².